The summed E-state index contributed by atoms with van der Waals surface area (Å²) < 4.78 is 0. The van der Waals surface area contributed by atoms with E-state index < -0.39 is 0 Å². The van der Waals surface area contributed by atoms with Crippen LogP contribution in [0.5, 0.6) is 0 Å². The van der Waals surface area contributed by atoms with Crippen molar-refractivity contribution in [1.29, 1.82) is 0 Å². The normalized spacial score (nSPS) is 11.7. The monoisotopic (exact) mass is 635 g/mol. The first-order chi connectivity index (χ1) is 16.2. The Kier molecular flexibility index (Phi) is 27.1. The molecule has 0 saturated carbocycles. The van der Waals surface area contributed by atoms with Gasteiger partial charge in [-0.15, -0.1) is 0 Å². The first-order valence-corrected chi connectivity index (χ1v) is 16.9. The summed E-state index contributed by atoms with van der Waals surface area (Å²) in [5.41, 5.74) is 7.60. The second kappa shape index (κ2) is 24.8. The van der Waals surface area contributed by atoms with Crippen LogP contribution in [0.25, 0.3) is 5.70 Å². The summed E-state index contributed by atoms with van der Waals surface area (Å²) in [6.07, 6.45) is 9.72. The number of hydrogen-bond donors (Lipinski definition) is 0. The molecule has 0 aliphatic heterocycles. The van der Waals surface area contributed by atoms with Gasteiger partial charge in [-0.3, -0.25) is 9.98 Å². The fourth-order valence-electron chi connectivity index (χ4n) is 2.56. The zero-order chi connectivity index (χ0) is 27.1. The third-order valence-electron chi connectivity index (χ3n) is 3.69. The Morgan fingerprint density at radius 2 is 1.50 bits per heavy atom. The van der Waals surface area contributed by atoms with Crippen molar-refractivity contribution in [3.8, 4) is 0 Å². The van der Waals surface area contributed by atoms with Gasteiger partial charge in [-0.25, -0.2) is 4.98 Å². The standard InChI is InChI=1S/C24H31N3.2C2H6.2BrH.Fe/c1-9-11-13-22(25-10-2)23-15-12-14-21(27-23)20(8)26-24(18(5)6)19(7)16-17(3)4;2*1-2;;;/h9-16H,3H2,1-2,4-8H3;2*1-2H3;2*1H;/q;;;;;+2/p-2/b11-9-,19-16-,22-13-,25-10?,26-20?;;;;;. The SMILES string of the molecule is C=C(C)/C=C(/C)C(N=C(C)c1cccc(/C(=C/C=C\C)N=CC)n1)=C(C)C.CC.CC.[Br][Fe][Br]. The first kappa shape index (κ1) is 37.2. The molecular weight excluding hydrogens is 594 g/mol. The predicted octanol–water partition coefficient (Wildman–Crippen LogP) is 10.5. The number of allylic oxidation sites excluding steroid dienone is 7. The molecule has 6 heteroatoms. The number of aliphatic imine (C=N–C) groups is 2. The van der Waals surface area contributed by atoms with E-state index in [0.29, 0.717) is 0 Å². The maximum absolute atomic E-state index is 4.86. The Morgan fingerprint density at radius 3 is 1.94 bits per heavy atom. The molecule has 0 unspecified atom stereocenters. The molecule has 0 radical (unpaired) electrons. The number of nitrogens with zero attached hydrogens (tertiary/aromatic N) is 3. The van der Waals surface area contributed by atoms with Gasteiger partial charge in [-0.05, 0) is 72.2 Å². The van der Waals surface area contributed by atoms with E-state index in [2.05, 4.69) is 66.6 Å². The van der Waals surface area contributed by atoms with Crippen LogP contribution in [0.2, 0.25) is 0 Å². The van der Waals surface area contributed by atoms with E-state index in [9.17, 15) is 0 Å². The minimum atomic E-state index is 0.825. The molecule has 0 N–H and O–H groups in total. The van der Waals surface area contributed by atoms with Gasteiger partial charge in [0.05, 0.1) is 28.5 Å². The van der Waals surface area contributed by atoms with Crippen molar-refractivity contribution >= 4 is 45.8 Å². The van der Waals surface area contributed by atoms with Crippen molar-refractivity contribution in [2.24, 2.45) is 9.98 Å². The van der Waals surface area contributed by atoms with E-state index in [-0.39, 0.29) is 0 Å². The summed E-state index contributed by atoms with van der Waals surface area (Å²) in [4.78, 5) is 14.1. The summed E-state index contributed by atoms with van der Waals surface area (Å²) in [7, 11) is 0. The van der Waals surface area contributed by atoms with Gasteiger partial charge in [-0.1, -0.05) is 69.7 Å². The van der Waals surface area contributed by atoms with Crippen molar-refractivity contribution < 1.29 is 11.3 Å². The molecule has 0 atom stereocenters. The van der Waals surface area contributed by atoms with Crippen molar-refractivity contribution in [1.82, 2.24) is 4.98 Å². The summed E-state index contributed by atoms with van der Waals surface area (Å²) in [5.74, 6) is 0. The molecule has 0 saturated heterocycles. The van der Waals surface area contributed by atoms with Crippen molar-refractivity contribution in [3.63, 3.8) is 0 Å². The van der Waals surface area contributed by atoms with Gasteiger partial charge in [-0.2, -0.15) is 0 Å². The van der Waals surface area contributed by atoms with E-state index in [0.717, 1.165) is 56.6 Å². The molecule has 0 aliphatic rings. The van der Waals surface area contributed by atoms with Gasteiger partial charge in [0.25, 0.3) is 0 Å². The van der Waals surface area contributed by atoms with Gasteiger partial charge in [0.1, 0.15) is 0 Å². The summed E-state index contributed by atoms with van der Waals surface area (Å²) in [6, 6.07) is 5.93. The van der Waals surface area contributed by atoms with Gasteiger partial charge in [0, 0.05) is 6.21 Å². The Bertz CT molecular complexity index is 889. The number of halogens is 2. The molecule has 0 bridgehead atoms. The molecule has 1 aromatic heterocycles. The Hall–Kier alpha value is -1.33. The molecule has 0 amide bonds. The maximum atomic E-state index is 4.86. The average molecular weight is 637 g/mol. The van der Waals surface area contributed by atoms with Crippen molar-refractivity contribution in [2.75, 3.05) is 0 Å². The third kappa shape index (κ3) is 17.2. The Labute approximate surface area is 230 Å². The molecule has 1 heterocycles. The summed E-state index contributed by atoms with van der Waals surface area (Å²) in [5, 5.41) is 0. The van der Waals surface area contributed by atoms with Crippen molar-refractivity contribution in [2.45, 2.75) is 76.2 Å². The molecule has 1 aromatic rings. The Balaban J connectivity index is -0.00000124. The van der Waals surface area contributed by atoms with Crippen LogP contribution in [0.1, 0.15) is 87.5 Å². The van der Waals surface area contributed by atoms with E-state index in [1.807, 2.05) is 91.8 Å². The fourth-order valence-corrected chi connectivity index (χ4v) is 2.56. The number of aromatic nitrogens is 1. The molecular formula is C28H43Br2FeN3. The second-order valence-electron chi connectivity index (χ2n) is 6.64. The van der Waals surface area contributed by atoms with Gasteiger partial charge >= 0.3 is 39.6 Å². The van der Waals surface area contributed by atoms with Crippen LogP contribution in [-0.2, 0) is 11.3 Å². The first-order valence-electron chi connectivity index (χ1n) is 11.4. The number of hydrogen-bond acceptors (Lipinski definition) is 3. The quantitative estimate of drug-likeness (QED) is 0.167. The van der Waals surface area contributed by atoms with Gasteiger partial charge in [0.15, 0.2) is 0 Å². The minimum absolute atomic E-state index is 0.825. The molecule has 34 heavy (non-hydrogen) atoms. The third-order valence-corrected chi connectivity index (χ3v) is 3.69. The molecule has 192 valence electrons. The van der Waals surface area contributed by atoms with E-state index in [4.69, 9.17) is 9.98 Å². The van der Waals surface area contributed by atoms with Crippen LogP contribution in [-0.4, -0.2) is 16.9 Å². The van der Waals surface area contributed by atoms with Crippen LogP contribution >= 0.6 is 28.2 Å². The second-order valence-corrected chi connectivity index (χ2v) is 12.2. The zero-order valence-corrected chi connectivity index (χ0v) is 27.1. The van der Waals surface area contributed by atoms with Crippen molar-refractivity contribution in [3.05, 3.63) is 82.9 Å². The molecule has 0 aliphatic carbocycles. The van der Waals surface area contributed by atoms with Crippen LogP contribution in [0, 0.1) is 0 Å². The summed E-state index contributed by atoms with van der Waals surface area (Å²) in [6.45, 7) is 26.0. The fraction of sp³-hybridized carbons (Fsp3) is 0.393. The number of pyridine rings is 1. The molecule has 0 aromatic carbocycles. The van der Waals surface area contributed by atoms with E-state index in [1.165, 1.54) is 0 Å². The summed E-state index contributed by atoms with van der Waals surface area (Å²) >= 11 is 7.00. The van der Waals surface area contributed by atoms with Gasteiger partial charge in [0.2, 0.25) is 0 Å². The predicted molar refractivity (Wildman–Crippen MR) is 161 cm³/mol. The van der Waals surface area contributed by atoms with Crippen LogP contribution in [0.15, 0.2) is 81.5 Å². The average Bonchev–Trinajstić information content (AvgIpc) is 2.82. The molecule has 3 nitrogen and oxygen atoms in total. The van der Waals surface area contributed by atoms with Crippen LogP contribution in [0.4, 0.5) is 0 Å². The Morgan fingerprint density at radius 1 is 0.971 bits per heavy atom. The zero-order valence-electron chi connectivity index (χ0n) is 22.8. The van der Waals surface area contributed by atoms with Gasteiger partial charge < -0.3 is 0 Å². The molecule has 0 fully saturated rings. The van der Waals surface area contributed by atoms with E-state index in [1.54, 1.807) is 6.21 Å². The molecule has 0 spiro atoms. The van der Waals surface area contributed by atoms with Crippen LogP contribution in [0.3, 0.4) is 0 Å². The topological polar surface area (TPSA) is 37.6 Å². The van der Waals surface area contributed by atoms with E-state index >= 15 is 0 Å². The molecule has 1 rings (SSSR count). The number of rotatable bonds is 7. The van der Waals surface area contributed by atoms with Crippen LogP contribution < -0.4 is 0 Å².